The van der Waals surface area contributed by atoms with Gasteiger partial charge >= 0.3 is 0 Å². The summed E-state index contributed by atoms with van der Waals surface area (Å²) in [5.74, 6) is 1.08. The Balaban J connectivity index is 2.48. The number of hydrogen-bond acceptors (Lipinski definition) is 3. The molecule has 2 atom stereocenters. The van der Waals surface area contributed by atoms with Crippen LogP contribution in [0.1, 0.15) is 31.4 Å². The van der Waals surface area contributed by atoms with Crippen LogP contribution >= 0.6 is 0 Å². The van der Waals surface area contributed by atoms with E-state index in [-0.39, 0.29) is 11.8 Å². The highest BCUT2D eigenvalue weighted by Crippen LogP contribution is 2.36. The second-order valence-corrected chi connectivity index (χ2v) is 5.30. The van der Waals surface area contributed by atoms with Gasteiger partial charge in [0.05, 0.1) is 18.6 Å². The molecule has 1 aromatic carbocycles. The Morgan fingerprint density at radius 2 is 2.17 bits per heavy atom. The first-order chi connectivity index (χ1) is 8.49. The normalized spacial score (nSPS) is 28.2. The van der Waals surface area contributed by atoms with E-state index < -0.39 is 5.41 Å². The molecule has 0 aliphatic carbocycles. The Bertz CT molecular complexity index is 470. The highest BCUT2D eigenvalue weighted by Gasteiger charge is 2.41. The topological polar surface area (TPSA) is 38.3 Å². The Kier molecular flexibility index (Phi) is 3.44. The molecule has 3 heteroatoms. The molecule has 1 aliphatic heterocycles. The van der Waals surface area contributed by atoms with Gasteiger partial charge in [0.15, 0.2) is 5.78 Å². The van der Waals surface area contributed by atoms with Crippen LogP contribution < -0.4 is 10.1 Å². The summed E-state index contributed by atoms with van der Waals surface area (Å²) in [6.45, 7) is 6.92. The summed E-state index contributed by atoms with van der Waals surface area (Å²) in [5.41, 5.74) is 1.85. The highest BCUT2D eigenvalue weighted by molar-refractivity contribution is 5.95. The Morgan fingerprint density at radius 1 is 1.44 bits per heavy atom. The van der Waals surface area contributed by atoms with Gasteiger partial charge in [-0.3, -0.25) is 4.79 Å². The number of aryl methyl sites for hydroxylation is 1. The van der Waals surface area contributed by atoms with Crippen LogP contribution in [0.3, 0.4) is 0 Å². The van der Waals surface area contributed by atoms with E-state index in [1.54, 1.807) is 7.11 Å². The van der Waals surface area contributed by atoms with Gasteiger partial charge in [0.25, 0.3) is 0 Å². The van der Waals surface area contributed by atoms with Crippen LogP contribution in [0.15, 0.2) is 18.2 Å². The summed E-state index contributed by atoms with van der Waals surface area (Å²) < 4.78 is 5.28. The van der Waals surface area contributed by atoms with Gasteiger partial charge in [0, 0.05) is 0 Å². The van der Waals surface area contributed by atoms with Crippen molar-refractivity contribution in [3.8, 4) is 5.75 Å². The molecular formula is C15H21NO2. The first kappa shape index (κ1) is 13.1. The number of carbonyl (C=O) groups is 1. The van der Waals surface area contributed by atoms with Crippen LogP contribution in [0.2, 0.25) is 0 Å². The van der Waals surface area contributed by atoms with Crippen molar-refractivity contribution in [2.75, 3.05) is 13.7 Å². The highest BCUT2D eigenvalue weighted by atomic mass is 16.5. The predicted molar refractivity (Wildman–Crippen MR) is 72.2 cm³/mol. The Labute approximate surface area is 109 Å². The Hall–Kier alpha value is -1.35. The minimum Gasteiger partial charge on any atom is -0.497 e. The molecule has 0 amide bonds. The molecule has 2 rings (SSSR count). The number of carbonyl (C=O) groups excluding carboxylic acids is 1. The molecule has 0 bridgehead atoms. The molecule has 1 aliphatic rings. The van der Waals surface area contributed by atoms with E-state index in [0.717, 1.165) is 29.8 Å². The van der Waals surface area contributed by atoms with E-state index in [4.69, 9.17) is 4.74 Å². The lowest BCUT2D eigenvalue weighted by Crippen LogP contribution is -2.52. The van der Waals surface area contributed by atoms with E-state index in [2.05, 4.69) is 19.2 Å². The van der Waals surface area contributed by atoms with Gasteiger partial charge in [-0.15, -0.1) is 0 Å². The average molecular weight is 247 g/mol. The largest absolute Gasteiger partial charge is 0.497 e. The van der Waals surface area contributed by atoms with Gasteiger partial charge in [-0.05, 0) is 57.0 Å². The number of methoxy groups -OCH3 is 1. The molecule has 98 valence electrons. The lowest BCUT2D eigenvalue weighted by atomic mass is 9.70. The SMILES string of the molecule is COc1ccc(C)c(C2(C)CCNC(C)C2=O)c1. The van der Waals surface area contributed by atoms with Gasteiger partial charge in [-0.2, -0.15) is 0 Å². The smallest absolute Gasteiger partial charge is 0.159 e. The number of hydrogen-bond donors (Lipinski definition) is 1. The van der Waals surface area contributed by atoms with Crippen LogP contribution in [-0.4, -0.2) is 25.5 Å². The molecule has 0 spiro atoms. The summed E-state index contributed by atoms with van der Waals surface area (Å²) in [6.07, 6.45) is 0.837. The molecule has 18 heavy (non-hydrogen) atoms. The van der Waals surface area contributed by atoms with Crippen LogP contribution in [0.4, 0.5) is 0 Å². The van der Waals surface area contributed by atoms with E-state index >= 15 is 0 Å². The van der Waals surface area contributed by atoms with E-state index in [9.17, 15) is 4.79 Å². The number of rotatable bonds is 2. The minimum absolute atomic E-state index is 0.0747. The molecule has 1 aromatic rings. The average Bonchev–Trinajstić information content (AvgIpc) is 2.36. The van der Waals surface area contributed by atoms with E-state index in [1.165, 1.54) is 0 Å². The zero-order chi connectivity index (χ0) is 13.3. The van der Waals surface area contributed by atoms with E-state index in [0.29, 0.717) is 0 Å². The number of Topliss-reactive ketones (excluding diaryl/α,β-unsaturated/α-hetero) is 1. The van der Waals surface area contributed by atoms with Crippen molar-refractivity contribution < 1.29 is 9.53 Å². The summed E-state index contributed by atoms with van der Waals surface area (Å²) >= 11 is 0. The minimum atomic E-state index is -0.400. The van der Waals surface area contributed by atoms with Gasteiger partial charge in [-0.1, -0.05) is 6.07 Å². The third kappa shape index (κ3) is 2.03. The molecule has 2 unspecified atom stereocenters. The second-order valence-electron chi connectivity index (χ2n) is 5.30. The molecule has 1 heterocycles. The maximum absolute atomic E-state index is 12.5. The van der Waals surface area contributed by atoms with Crippen molar-refractivity contribution in [3.63, 3.8) is 0 Å². The lowest BCUT2D eigenvalue weighted by Gasteiger charge is -2.37. The third-order valence-electron chi connectivity index (χ3n) is 4.05. The number of ketones is 1. The van der Waals surface area contributed by atoms with Crippen molar-refractivity contribution in [2.45, 2.75) is 38.6 Å². The lowest BCUT2D eigenvalue weighted by molar-refractivity contribution is -0.127. The zero-order valence-corrected chi connectivity index (χ0v) is 11.5. The second kappa shape index (κ2) is 4.73. The maximum atomic E-state index is 12.5. The van der Waals surface area contributed by atoms with Crippen molar-refractivity contribution >= 4 is 5.78 Å². The molecule has 1 N–H and O–H groups in total. The fourth-order valence-electron chi connectivity index (χ4n) is 2.82. The monoisotopic (exact) mass is 247 g/mol. The third-order valence-corrected chi connectivity index (χ3v) is 4.05. The predicted octanol–water partition coefficient (Wildman–Crippen LogP) is 2.21. The van der Waals surface area contributed by atoms with Gasteiger partial charge in [0.2, 0.25) is 0 Å². The molecule has 0 saturated carbocycles. The van der Waals surface area contributed by atoms with E-state index in [1.807, 2.05) is 25.1 Å². The Morgan fingerprint density at radius 3 is 2.83 bits per heavy atom. The number of benzene rings is 1. The van der Waals surface area contributed by atoms with Crippen molar-refractivity contribution in [3.05, 3.63) is 29.3 Å². The number of nitrogens with one attached hydrogen (secondary N) is 1. The van der Waals surface area contributed by atoms with Crippen molar-refractivity contribution in [1.29, 1.82) is 0 Å². The standard InChI is InChI=1S/C15H21NO2/c1-10-5-6-12(18-4)9-13(10)15(3)7-8-16-11(2)14(15)17/h5-6,9,11,16H,7-8H2,1-4H3. The van der Waals surface area contributed by atoms with Crippen molar-refractivity contribution in [2.24, 2.45) is 0 Å². The van der Waals surface area contributed by atoms with Crippen LogP contribution in [-0.2, 0) is 10.2 Å². The molecule has 1 fully saturated rings. The summed E-state index contributed by atoms with van der Waals surface area (Å²) in [6, 6.07) is 5.90. The van der Waals surface area contributed by atoms with Gasteiger partial charge in [0.1, 0.15) is 5.75 Å². The van der Waals surface area contributed by atoms with Crippen molar-refractivity contribution in [1.82, 2.24) is 5.32 Å². The first-order valence-electron chi connectivity index (χ1n) is 6.42. The molecule has 0 aromatic heterocycles. The maximum Gasteiger partial charge on any atom is 0.159 e. The molecule has 3 nitrogen and oxygen atoms in total. The zero-order valence-electron chi connectivity index (χ0n) is 11.5. The molecular weight excluding hydrogens is 226 g/mol. The summed E-state index contributed by atoms with van der Waals surface area (Å²) in [7, 11) is 1.66. The van der Waals surface area contributed by atoms with Crippen LogP contribution in [0, 0.1) is 6.92 Å². The van der Waals surface area contributed by atoms with Gasteiger partial charge in [-0.25, -0.2) is 0 Å². The quantitative estimate of drug-likeness (QED) is 0.870. The van der Waals surface area contributed by atoms with Crippen LogP contribution in [0.5, 0.6) is 5.75 Å². The fraction of sp³-hybridized carbons (Fsp3) is 0.533. The molecule has 1 saturated heterocycles. The van der Waals surface area contributed by atoms with Crippen LogP contribution in [0.25, 0.3) is 0 Å². The number of piperidine rings is 1. The van der Waals surface area contributed by atoms with Gasteiger partial charge < -0.3 is 10.1 Å². The summed E-state index contributed by atoms with van der Waals surface area (Å²) in [5, 5.41) is 3.22. The number of ether oxygens (including phenoxy) is 1. The fourth-order valence-corrected chi connectivity index (χ4v) is 2.82. The summed E-state index contributed by atoms with van der Waals surface area (Å²) in [4.78, 5) is 12.5. The first-order valence-corrected chi connectivity index (χ1v) is 6.42. The molecule has 0 radical (unpaired) electrons.